The number of likely N-dealkylation sites (N-methyl/N-ethyl adjacent to an activating group) is 1. The summed E-state index contributed by atoms with van der Waals surface area (Å²) in [4.78, 5) is 234. The number of carboxylic acids is 5. The number of piperidine rings is 1. The van der Waals surface area contributed by atoms with Gasteiger partial charge in [-0.25, -0.2) is 24.2 Å². The summed E-state index contributed by atoms with van der Waals surface area (Å²) in [6.07, 6.45) is -3.44. The van der Waals surface area contributed by atoms with E-state index in [1.807, 2.05) is 53.9 Å². The first-order chi connectivity index (χ1) is 58.2. The highest BCUT2D eigenvalue weighted by atomic mass is 33.1. The van der Waals surface area contributed by atoms with Crippen LogP contribution >= 0.6 is 32.9 Å². The molecule has 0 radical (unpaired) electrons. The number of carbonyl (C=O) groups excluding carboxylic acids is 13. The van der Waals surface area contributed by atoms with E-state index in [0.29, 0.717) is 48.6 Å². The molecule has 0 aliphatic carbocycles. The molecule has 0 bridgehead atoms. The molecule has 40 heteroatoms. The normalized spacial score (nSPS) is 15.4. The zero-order valence-corrected chi connectivity index (χ0v) is 73.5. The predicted molar refractivity (Wildman–Crippen MR) is 450 cm³/mol. The van der Waals surface area contributed by atoms with Gasteiger partial charge in [-0.1, -0.05) is 118 Å². The summed E-state index contributed by atoms with van der Waals surface area (Å²) in [6, 6.07) is 7.67. The summed E-state index contributed by atoms with van der Waals surface area (Å²) in [5.74, 6) is -16.3. The van der Waals surface area contributed by atoms with Crippen molar-refractivity contribution in [3.05, 3.63) is 81.8 Å². The minimum Gasteiger partial charge on any atom is -0.508 e. The van der Waals surface area contributed by atoms with E-state index in [2.05, 4.69) is 41.2 Å². The van der Waals surface area contributed by atoms with Crippen LogP contribution in [0.5, 0.6) is 5.75 Å². The van der Waals surface area contributed by atoms with Crippen LogP contribution in [0, 0.1) is 35.5 Å². The van der Waals surface area contributed by atoms with Crippen LogP contribution in [0.1, 0.15) is 211 Å². The van der Waals surface area contributed by atoms with Gasteiger partial charge in [-0.3, -0.25) is 72.0 Å². The number of alkyl carbamates (subject to hydrolysis) is 1. The average molecular weight is 1790 g/mol. The molecule has 3 aromatic rings. The fourth-order valence-corrected chi connectivity index (χ4v) is 16.0. The van der Waals surface area contributed by atoms with Gasteiger partial charge in [-0.2, -0.15) is 0 Å². The summed E-state index contributed by atoms with van der Waals surface area (Å²) in [5.41, 5.74) is 1.54. The van der Waals surface area contributed by atoms with Crippen molar-refractivity contribution >= 4 is 140 Å². The molecule has 123 heavy (non-hydrogen) atoms. The molecule has 37 nitrogen and oxygen atoms in total. The van der Waals surface area contributed by atoms with Crippen LogP contribution in [0.25, 0.3) is 0 Å². The monoisotopic (exact) mass is 1790 g/mol. The third-order valence-corrected chi connectivity index (χ3v) is 23.6. The highest BCUT2D eigenvalue weighted by molar-refractivity contribution is 8.76. The lowest BCUT2D eigenvalue weighted by Crippen LogP contribution is -2.50. The van der Waals surface area contributed by atoms with Crippen molar-refractivity contribution < 1.29 is 136 Å². The number of phenolic OH excluding ortho intramolecular Hbond substituents is 1. The van der Waals surface area contributed by atoms with Crippen LogP contribution in [-0.4, -0.2) is 240 Å². The maximum Gasteiger partial charge on any atom is 0.407 e. The van der Waals surface area contributed by atoms with Crippen LogP contribution < -0.4 is 31.9 Å². The van der Waals surface area contributed by atoms with Crippen molar-refractivity contribution in [2.75, 3.05) is 45.0 Å². The molecule has 1 fully saturated rings. The fraction of sp³-hybridized carbons (Fsp3) is 0.602. The van der Waals surface area contributed by atoms with Gasteiger partial charge < -0.3 is 86.4 Å². The number of hydrogen-bond donors (Lipinski definition) is 12. The highest BCUT2D eigenvalue weighted by Gasteiger charge is 2.41. The summed E-state index contributed by atoms with van der Waals surface area (Å²) in [5, 5.41) is 73.3. The number of thiazole rings is 1. The molecule has 0 spiro atoms. The first-order valence-electron chi connectivity index (χ1n) is 40.7. The minimum absolute atomic E-state index is 0.00335. The number of aromatic nitrogens is 1. The van der Waals surface area contributed by atoms with Gasteiger partial charge in [0.2, 0.25) is 17.7 Å². The number of carboxylic acid groups (broad SMARTS) is 5. The summed E-state index contributed by atoms with van der Waals surface area (Å²) in [6.45, 7) is 16.8. The van der Waals surface area contributed by atoms with E-state index >= 15 is 0 Å². The van der Waals surface area contributed by atoms with Gasteiger partial charge in [0.25, 0.3) is 12.4 Å². The zero-order chi connectivity index (χ0) is 92.0. The SMILES string of the molecule is CCCC(=O)OCN(C(=O)[C@@H](CC(=O)[C@H]1CCCCN1C)C(C)CC)[C@H](C[C@@H](OC(C)=O)c1nc(C(=O)N[C@@H](Cc2ccc(O)cc2)C[C@H](C)C(C)=O)cs1)C(C)C.CCNC(=O)OCCSSC[C@@H](CC(=O)[C@@H](Cc1ccccc1)NC(=O)[C@H](CC(=O)O)CC(=O)CC[C@H](NC(=O)CC[C@H](NC(=O)N[C@@H](CCC(=O)O)OC=O)C(=O)O)C(=O)O)C(=O)O. The topological polar surface area (TPSA) is 557 Å². The molecule has 1 aliphatic rings. The number of esters is 2. The number of urea groups is 1. The van der Waals surface area contributed by atoms with Crippen LogP contribution in [0.4, 0.5) is 9.59 Å². The van der Waals surface area contributed by atoms with Gasteiger partial charge in [0, 0.05) is 106 Å². The maximum absolute atomic E-state index is 14.8. The predicted octanol–water partition coefficient (Wildman–Crippen LogP) is 7.86. The number of nitrogens with zero attached hydrogens (tertiary/aromatic N) is 3. The zero-order valence-electron chi connectivity index (χ0n) is 71.0. The summed E-state index contributed by atoms with van der Waals surface area (Å²) < 4.78 is 21.1. The Labute approximate surface area is 726 Å². The number of amides is 7. The van der Waals surface area contributed by atoms with E-state index in [4.69, 9.17) is 19.3 Å². The summed E-state index contributed by atoms with van der Waals surface area (Å²) in [7, 11) is 4.29. The lowest BCUT2D eigenvalue weighted by Gasteiger charge is -2.39. The molecule has 13 atom stereocenters. The van der Waals surface area contributed by atoms with Crippen molar-refractivity contribution in [2.24, 2.45) is 35.5 Å². The first kappa shape index (κ1) is 107. The Bertz CT molecular complexity index is 4000. The van der Waals surface area contributed by atoms with Crippen LogP contribution in [0.2, 0.25) is 0 Å². The van der Waals surface area contributed by atoms with E-state index in [-0.39, 0.29) is 110 Å². The third-order valence-electron chi connectivity index (χ3n) is 20.2. The molecular weight excluding hydrogens is 1670 g/mol. The van der Waals surface area contributed by atoms with E-state index in [1.165, 1.54) is 29.5 Å². The molecule has 1 saturated heterocycles. The van der Waals surface area contributed by atoms with E-state index < -0.39 is 195 Å². The number of ketones is 4. The van der Waals surface area contributed by atoms with Gasteiger partial charge in [-0.15, -0.1) is 11.3 Å². The lowest BCUT2D eigenvalue weighted by atomic mass is 9.82. The van der Waals surface area contributed by atoms with Crippen molar-refractivity contribution in [1.82, 2.24) is 46.7 Å². The quantitative estimate of drug-likeness (QED) is 0.00638. The molecule has 12 N–H and O–H groups in total. The van der Waals surface area contributed by atoms with Gasteiger partial charge in [0.15, 0.2) is 30.6 Å². The molecule has 1 aliphatic heterocycles. The van der Waals surface area contributed by atoms with Crippen LogP contribution in [-0.2, 0) is 104 Å². The Morgan fingerprint density at radius 2 is 1.34 bits per heavy atom. The molecule has 1 aromatic heterocycles. The number of aliphatic carboxylic acids is 5. The number of rotatable bonds is 58. The Hall–Kier alpha value is -10.6. The van der Waals surface area contributed by atoms with Crippen molar-refractivity contribution in [3.8, 4) is 5.75 Å². The standard InChI is InChI=1S/C44H66N4O9S.C39H53N5O19S2/c1-10-14-41(53)56-26-48(44(55)35(28(5)11-2)23-39(52)37-15-12-13-20-47(37)9)38(27(3)4)24-40(57-31(8)50)43-46-36(25-58-43)42(54)45-33(21-29(6)30(7)49)22-32-16-18-34(51)19-17-32;1-2-40-39(61)62-14-15-64-65-20-24(35(54)55)18-29(47)28(16-22-6-4-3-5-7-22)42-34(53)23(19-33(51)52)17-25(46)8-9-26(36(56)57)41-30(48)11-10-27(37(58)59)43-38(60)44-31(63-21-45)12-13-32(49)50/h16-19,25,27-29,33,35,37-38,40,51H,10-15,20-24,26H2,1-9H3,(H,45,54);3-7,21,23-24,26-28,31H,2,8-20H2,1H3,(H,40,61)(H,41,48)(H,42,53)(H,49,50)(H,51,52)(H,54,55)(H,56,57)(H,58,59)(H2,43,44,60)/t28?,29-,33+,35-,37+,38+,40+;23-,24+,26-,27-,28+,31+/m00/s1. The number of aromatic hydroxyl groups is 1. The number of phenols is 1. The van der Waals surface area contributed by atoms with E-state index in [9.17, 15) is 112 Å². The Kier molecular flexibility index (Phi) is 49.3. The number of Topliss-reactive ketones (excluding diaryl/α,β-unsaturated/α-hetero) is 4. The number of carbonyl (C=O) groups is 18. The van der Waals surface area contributed by atoms with Crippen molar-refractivity contribution in [2.45, 2.75) is 239 Å². The molecular formula is C83H119N9O28S3. The molecule has 7 amide bonds. The minimum atomic E-state index is -1.73. The van der Waals surface area contributed by atoms with Gasteiger partial charge in [0.05, 0.1) is 36.8 Å². The molecule has 2 aromatic carbocycles. The first-order valence-corrected chi connectivity index (χ1v) is 44.1. The largest absolute Gasteiger partial charge is 0.508 e. The van der Waals surface area contributed by atoms with Crippen molar-refractivity contribution in [3.63, 3.8) is 0 Å². The smallest absolute Gasteiger partial charge is 0.407 e. The molecule has 2 heterocycles. The van der Waals surface area contributed by atoms with Crippen molar-refractivity contribution in [1.29, 1.82) is 0 Å². The molecule has 4 rings (SSSR count). The van der Waals surface area contributed by atoms with E-state index in [1.54, 1.807) is 66.9 Å². The second-order valence-electron chi connectivity index (χ2n) is 30.3. The number of nitrogens with one attached hydrogen (secondary N) is 6. The molecule has 682 valence electrons. The second kappa shape index (κ2) is 56.9. The van der Waals surface area contributed by atoms with Gasteiger partial charge in [0.1, 0.15) is 46.7 Å². The summed E-state index contributed by atoms with van der Waals surface area (Å²) >= 11 is 1.15. The molecule has 0 saturated carbocycles. The number of likely N-dealkylation sites (tertiary alicyclic amines) is 1. The number of hydrogen-bond acceptors (Lipinski definition) is 28. The highest BCUT2D eigenvalue weighted by Crippen LogP contribution is 2.35. The van der Waals surface area contributed by atoms with Gasteiger partial charge >= 0.3 is 53.9 Å². The Morgan fingerprint density at radius 1 is 0.683 bits per heavy atom. The third kappa shape index (κ3) is 41.4. The number of benzene rings is 2. The Balaban J connectivity index is 0.000000639. The fourth-order valence-electron chi connectivity index (χ4n) is 13.1. The molecule has 1 unspecified atom stereocenters. The average Bonchev–Trinajstić information content (AvgIpc) is 1.78. The maximum atomic E-state index is 14.8. The van der Waals surface area contributed by atoms with Gasteiger partial charge in [-0.05, 0) is 114 Å². The number of ether oxygens (including phenoxy) is 4. The van der Waals surface area contributed by atoms with E-state index in [0.717, 1.165) is 53.5 Å². The van der Waals surface area contributed by atoms with Crippen LogP contribution in [0.3, 0.4) is 0 Å². The van der Waals surface area contributed by atoms with Crippen LogP contribution in [0.15, 0.2) is 60.0 Å². The lowest BCUT2D eigenvalue weighted by molar-refractivity contribution is -0.162. The Morgan fingerprint density at radius 3 is 1.93 bits per heavy atom. The second-order valence-corrected chi connectivity index (χ2v) is 33.8.